The maximum absolute atomic E-state index is 5.74. The van der Waals surface area contributed by atoms with E-state index in [0.29, 0.717) is 11.4 Å². The summed E-state index contributed by atoms with van der Waals surface area (Å²) < 4.78 is 11.8. The van der Waals surface area contributed by atoms with Crippen molar-refractivity contribution in [3.05, 3.63) is 16.1 Å². The highest BCUT2D eigenvalue weighted by Crippen LogP contribution is 2.43. The smallest absolute Gasteiger partial charge is 0.178 e. The first kappa shape index (κ1) is 9.03. The molecule has 2 aromatic rings. The molecule has 0 saturated heterocycles. The average Bonchev–Trinajstić information content (AvgIpc) is 2.70. The van der Waals surface area contributed by atoms with Gasteiger partial charge in [-0.3, -0.25) is 0 Å². The Bertz CT molecular complexity index is 550. The molecule has 3 rings (SSSR count). The minimum Gasteiger partial charge on any atom is -0.489 e. The van der Waals surface area contributed by atoms with Crippen molar-refractivity contribution in [3.8, 4) is 5.75 Å². The first-order valence-electron chi connectivity index (χ1n) is 4.69. The van der Waals surface area contributed by atoms with Crippen LogP contribution in [0.2, 0.25) is 0 Å². The van der Waals surface area contributed by atoms with Gasteiger partial charge in [0.1, 0.15) is 17.2 Å². The number of aromatic nitrogens is 1. The third-order valence-electron chi connectivity index (χ3n) is 2.60. The Morgan fingerprint density at radius 2 is 2.40 bits per heavy atom. The van der Waals surface area contributed by atoms with Crippen molar-refractivity contribution in [2.75, 3.05) is 5.73 Å². The van der Waals surface area contributed by atoms with Gasteiger partial charge < -0.3 is 15.0 Å². The Labute approximate surface area is 94.5 Å². The molecule has 2 heterocycles. The number of nitrogens with two attached hydrogens (primary N) is 1. The van der Waals surface area contributed by atoms with Crippen LogP contribution in [0.5, 0.6) is 5.75 Å². The topological polar surface area (TPSA) is 61.3 Å². The lowest BCUT2D eigenvalue weighted by atomic mass is 10.1. The van der Waals surface area contributed by atoms with E-state index < -0.39 is 0 Å². The van der Waals surface area contributed by atoms with Crippen molar-refractivity contribution in [2.45, 2.75) is 19.4 Å². The maximum Gasteiger partial charge on any atom is 0.178 e. The van der Waals surface area contributed by atoms with E-state index in [1.165, 1.54) is 0 Å². The van der Waals surface area contributed by atoms with Gasteiger partial charge in [0.15, 0.2) is 11.4 Å². The fourth-order valence-electron chi connectivity index (χ4n) is 1.95. The van der Waals surface area contributed by atoms with Crippen molar-refractivity contribution in [3.63, 3.8) is 0 Å². The van der Waals surface area contributed by atoms with E-state index in [1.54, 1.807) is 0 Å². The lowest BCUT2D eigenvalue weighted by molar-refractivity contribution is 0.257. The molecular weight excluding hydrogens is 260 g/mol. The molecule has 1 unspecified atom stereocenters. The molecule has 1 aliphatic heterocycles. The molecule has 0 saturated carbocycles. The zero-order valence-electron chi connectivity index (χ0n) is 8.08. The molecule has 0 bridgehead atoms. The first-order chi connectivity index (χ1) is 7.16. The number of fused-ring (bicyclic) bond motifs is 3. The second-order valence-electron chi connectivity index (χ2n) is 3.74. The van der Waals surface area contributed by atoms with Crippen LogP contribution >= 0.6 is 15.9 Å². The minimum atomic E-state index is 0.177. The normalized spacial score (nSPS) is 19.2. The molecule has 5 heteroatoms. The molecule has 0 radical (unpaired) electrons. The lowest BCUT2D eigenvalue weighted by Crippen LogP contribution is -2.05. The molecular formula is C10H9BrN2O2. The van der Waals surface area contributed by atoms with Gasteiger partial charge in [-0.15, -0.1) is 0 Å². The number of hydrogen-bond acceptors (Lipinski definition) is 4. The average molecular weight is 269 g/mol. The van der Waals surface area contributed by atoms with Gasteiger partial charge in [-0.05, 0) is 13.0 Å². The van der Waals surface area contributed by atoms with Crippen LogP contribution in [-0.2, 0) is 6.42 Å². The number of rotatable bonds is 0. The summed E-state index contributed by atoms with van der Waals surface area (Å²) in [7, 11) is 0. The standard InChI is InChI=1S/C10H9BrN2O2/c1-4-2-5-6(11)3-7-8(9(5)14-4)10(12)13-15-7/h3-4H,2H2,1H3,(H2,12,13). The van der Waals surface area contributed by atoms with Gasteiger partial charge in [-0.2, -0.15) is 0 Å². The Morgan fingerprint density at radius 3 is 3.20 bits per heavy atom. The molecule has 1 aliphatic rings. The fourth-order valence-corrected chi connectivity index (χ4v) is 2.50. The molecule has 0 fully saturated rings. The molecule has 78 valence electrons. The summed E-state index contributed by atoms with van der Waals surface area (Å²) in [6.45, 7) is 2.03. The molecule has 4 nitrogen and oxygen atoms in total. The highest BCUT2D eigenvalue weighted by Gasteiger charge is 2.27. The molecule has 15 heavy (non-hydrogen) atoms. The third-order valence-corrected chi connectivity index (χ3v) is 3.31. The Hall–Kier alpha value is -1.23. The Balaban J connectivity index is 2.41. The zero-order chi connectivity index (χ0) is 10.6. The van der Waals surface area contributed by atoms with Crippen molar-refractivity contribution in [2.24, 2.45) is 0 Å². The quantitative estimate of drug-likeness (QED) is 0.798. The van der Waals surface area contributed by atoms with Crippen LogP contribution in [-0.4, -0.2) is 11.3 Å². The van der Waals surface area contributed by atoms with Gasteiger partial charge in [0.05, 0.1) is 0 Å². The molecule has 1 aromatic heterocycles. The predicted octanol–water partition coefficient (Wildman–Crippen LogP) is 2.50. The molecule has 2 N–H and O–H groups in total. The molecule has 1 aromatic carbocycles. The van der Waals surface area contributed by atoms with Crippen LogP contribution in [0, 0.1) is 0 Å². The second kappa shape index (κ2) is 2.88. The van der Waals surface area contributed by atoms with E-state index >= 15 is 0 Å². The number of nitrogens with zero attached hydrogens (tertiary/aromatic N) is 1. The molecule has 0 amide bonds. The number of halogens is 1. The van der Waals surface area contributed by atoms with Gasteiger partial charge >= 0.3 is 0 Å². The van der Waals surface area contributed by atoms with Gasteiger partial charge in [-0.25, -0.2) is 0 Å². The first-order valence-corrected chi connectivity index (χ1v) is 5.49. The number of nitrogen functional groups attached to an aromatic ring is 1. The van der Waals surface area contributed by atoms with E-state index in [1.807, 2.05) is 13.0 Å². The van der Waals surface area contributed by atoms with E-state index in [4.69, 9.17) is 15.0 Å². The number of ether oxygens (including phenoxy) is 1. The van der Waals surface area contributed by atoms with E-state index in [2.05, 4.69) is 21.1 Å². The summed E-state index contributed by atoms with van der Waals surface area (Å²) in [5.74, 6) is 1.20. The predicted molar refractivity (Wildman–Crippen MR) is 59.9 cm³/mol. The maximum atomic E-state index is 5.74. The highest BCUT2D eigenvalue weighted by atomic mass is 79.9. The van der Waals surface area contributed by atoms with Crippen LogP contribution in [0.1, 0.15) is 12.5 Å². The zero-order valence-corrected chi connectivity index (χ0v) is 9.67. The van der Waals surface area contributed by atoms with Crippen molar-refractivity contribution < 1.29 is 9.26 Å². The summed E-state index contributed by atoms with van der Waals surface area (Å²) in [4.78, 5) is 0. The van der Waals surface area contributed by atoms with Crippen LogP contribution in [0.15, 0.2) is 15.1 Å². The number of anilines is 1. The highest BCUT2D eigenvalue weighted by molar-refractivity contribution is 9.10. The van der Waals surface area contributed by atoms with Gasteiger partial charge in [0.25, 0.3) is 0 Å². The lowest BCUT2D eigenvalue weighted by Gasteiger charge is -2.03. The summed E-state index contributed by atoms with van der Waals surface area (Å²) in [6, 6.07) is 1.89. The monoisotopic (exact) mass is 268 g/mol. The van der Waals surface area contributed by atoms with Gasteiger partial charge in [-0.1, -0.05) is 21.1 Å². The molecule has 0 spiro atoms. The van der Waals surface area contributed by atoms with Crippen molar-refractivity contribution in [1.82, 2.24) is 5.16 Å². The Kier molecular flexibility index (Phi) is 1.74. The summed E-state index contributed by atoms with van der Waals surface area (Å²) >= 11 is 3.50. The van der Waals surface area contributed by atoms with Gasteiger partial charge in [0.2, 0.25) is 0 Å². The van der Waals surface area contributed by atoms with E-state index in [9.17, 15) is 0 Å². The minimum absolute atomic E-state index is 0.177. The summed E-state index contributed by atoms with van der Waals surface area (Å²) in [5.41, 5.74) is 7.55. The van der Waals surface area contributed by atoms with Crippen LogP contribution in [0.4, 0.5) is 5.82 Å². The van der Waals surface area contributed by atoms with Gasteiger partial charge in [0, 0.05) is 16.5 Å². The summed E-state index contributed by atoms with van der Waals surface area (Å²) in [6.07, 6.45) is 1.06. The molecule has 1 atom stereocenters. The third kappa shape index (κ3) is 1.16. The van der Waals surface area contributed by atoms with E-state index in [0.717, 1.165) is 27.6 Å². The van der Waals surface area contributed by atoms with E-state index in [-0.39, 0.29) is 6.10 Å². The molecule has 0 aliphatic carbocycles. The van der Waals surface area contributed by atoms with Crippen molar-refractivity contribution in [1.29, 1.82) is 0 Å². The van der Waals surface area contributed by atoms with Crippen LogP contribution < -0.4 is 10.5 Å². The largest absolute Gasteiger partial charge is 0.489 e. The SMILES string of the molecule is CC1Cc2c(Br)cc3onc(N)c3c2O1. The van der Waals surface area contributed by atoms with Crippen molar-refractivity contribution >= 4 is 32.7 Å². The van der Waals surface area contributed by atoms with Crippen LogP contribution in [0.3, 0.4) is 0 Å². The fraction of sp³-hybridized carbons (Fsp3) is 0.300. The Morgan fingerprint density at radius 1 is 1.60 bits per heavy atom. The van der Waals surface area contributed by atoms with Crippen LogP contribution in [0.25, 0.3) is 11.0 Å². The number of benzene rings is 1. The number of hydrogen-bond donors (Lipinski definition) is 1. The second-order valence-corrected chi connectivity index (χ2v) is 4.59. The summed E-state index contributed by atoms with van der Waals surface area (Å²) in [5, 5.41) is 4.53.